The Morgan fingerprint density at radius 3 is 2.68 bits per heavy atom. The van der Waals surface area contributed by atoms with Crippen molar-refractivity contribution < 1.29 is 9.13 Å². The van der Waals surface area contributed by atoms with E-state index in [1.54, 1.807) is 24.5 Å². The molecule has 3 rings (SSSR count). The van der Waals surface area contributed by atoms with Gasteiger partial charge in [-0.1, -0.05) is 12.1 Å². The summed E-state index contributed by atoms with van der Waals surface area (Å²) in [6.07, 6.45) is 3.72. The van der Waals surface area contributed by atoms with Crippen LogP contribution in [0.2, 0.25) is 0 Å². The smallest absolute Gasteiger partial charge is 0.165 e. The van der Waals surface area contributed by atoms with Gasteiger partial charge in [0.1, 0.15) is 18.3 Å². The van der Waals surface area contributed by atoms with Crippen LogP contribution in [0.3, 0.4) is 0 Å². The van der Waals surface area contributed by atoms with Crippen LogP contribution in [0.25, 0.3) is 0 Å². The number of ether oxygens (including phenoxy) is 1. The first-order valence-corrected chi connectivity index (χ1v) is 7.70. The van der Waals surface area contributed by atoms with E-state index >= 15 is 0 Å². The fourth-order valence-corrected chi connectivity index (χ4v) is 2.75. The van der Waals surface area contributed by atoms with Gasteiger partial charge in [0.15, 0.2) is 11.6 Å². The van der Waals surface area contributed by atoms with E-state index in [-0.39, 0.29) is 11.9 Å². The maximum Gasteiger partial charge on any atom is 0.165 e. The topological polar surface area (TPSA) is 43.2 Å². The van der Waals surface area contributed by atoms with Gasteiger partial charge < -0.3 is 14.2 Å². The second kappa shape index (κ2) is 6.87. The quantitative estimate of drug-likeness (QED) is 0.850. The Hall–Kier alpha value is -1.95. The highest BCUT2D eigenvalue weighted by Crippen LogP contribution is 2.21. The normalized spacial score (nSPS) is 16.8. The van der Waals surface area contributed by atoms with Crippen LogP contribution in [0.15, 0.2) is 30.6 Å². The highest BCUT2D eigenvalue weighted by atomic mass is 19.1. The summed E-state index contributed by atoms with van der Waals surface area (Å²) in [6, 6.07) is 6.61. The third-order valence-electron chi connectivity index (χ3n) is 4.13. The zero-order valence-electron chi connectivity index (χ0n) is 12.8. The summed E-state index contributed by atoms with van der Waals surface area (Å²) in [5.41, 5.74) is 0. The van der Waals surface area contributed by atoms with Crippen LogP contribution in [-0.4, -0.2) is 45.4 Å². The molecule has 6 heteroatoms. The summed E-state index contributed by atoms with van der Waals surface area (Å²) in [6.45, 7) is 5.78. The number of piperidine rings is 1. The second-order valence-corrected chi connectivity index (χ2v) is 5.66. The number of halogens is 1. The van der Waals surface area contributed by atoms with Crippen molar-refractivity contribution in [3.8, 4) is 5.75 Å². The van der Waals surface area contributed by atoms with E-state index in [0.717, 1.165) is 44.8 Å². The highest BCUT2D eigenvalue weighted by molar-refractivity contribution is 5.23. The van der Waals surface area contributed by atoms with Crippen LogP contribution in [0.1, 0.15) is 18.7 Å². The van der Waals surface area contributed by atoms with Crippen LogP contribution >= 0.6 is 0 Å². The van der Waals surface area contributed by atoms with Crippen molar-refractivity contribution in [3.05, 3.63) is 42.2 Å². The molecule has 1 saturated heterocycles. The molecule has 2 aromatic rings. The SMILES string of the molecule is Cc1nncn1CCN1CCC(Oc2ccccc2F)CC1. The first-order chi connectivity index (χ1) is 10.7. The van der Waals surface area contributed by atoms with E-state index < -0.39 is 0 Å². The van der Waals surface area contributed by atoms with Crippen LogP contribution < -0.4 is 4.74 Å². The largest absolute Gasteiger partial charge is 0.487 e. The van der Waals surface area contributed by atoms with Gasteiger partial charge >= 0.3 is 0 Å². The Balaban J connectivity index is 1.44. The molecule has 22 heavy (non-hydrogen) atoms. The van der Waals surface area contributed by atoms with Crippen LogP contribution in [0.5, 0.6) is 5.75 Å². The van der Waals surface area contributed by atoms with Gasteiger partial charge in [-0.2, -0.15) is 0 Å². The lowest BCUT2D eigenvalue weighted by Gasteiger charge is -2.32. The summed E-state index contributed by atoms with van der Waals surface area (Å²) < 4.78 is 21.4. The first kappa shape index (κ1) is 15.0. The molecule has 1 aromatic heterocycles. The van der Waals surface area contributed by atoms with E-state index in [0.29, 0.717) is 5.75 Å². The van der Waals surface area contributed by atoms with Gasteiger partial charge in [0.05, 0.1) is 0 Å². The number of hydrogen-bond acceptors (Lipinski definition) is 4. The number of aryl methyl sites for hydroxylation is 1. The summed E-state index contributed by atoms with van der Waals surface area (Å²) in [4.78, 5) is 2.40. The van der Waals surface area contributed by atoms with Crippen molar-refractivity contribution in [1.29, 1.82) is 0 Å². The number of aromatic nitrogens is 3. The monoisotopic (exact) mass is 304 g/mol. The molecular formula is C16H21FN4O. The Morgan fingerprint density at radius 2 is 2.00 bits per heavy atom. The summed E-state index contributed by atoms with van der Waals surface area (Å²) in [5.74, 6) is 1.02. The average molecular weight is 304 g/mol. The van der Waals surface area contributed by atoms with Gasteiger partial charge in [0, 0.05) is 26.2 Å². The Labute approximate surface area is 129 Å². The van der Waals surface area contributed by atoms with Gasteiger partial charge in [-0.3, -0.25) is 0 Å². The fraction of sp³-hybridized carbons (Fsp3) is 0.500. The van der Waals surface area contributed by atoms with Crippen molar-refractivity contribution in [2.24, 2.45) is 0 Å². The van der Waals surface area contributed by atoms with E-state index in [1.807, 2.05) is 6.92 Å². The zero-order chi connectivity index (χ0) is 15.4. The number of hydrogen-bond donors (Lipinski definition) is 0. The van der Waals surface area contributed by atoms with E-state index in [4.69, 9.17) is 4.74 Å². The van der Waals surface area contributed by atoms with Gasteiger partial charge in [-0.15, -0.1) is 10.2 Å². The number of rotatable bonds is 5. The fourth-order valence-electron chi connectivity index (χ4n) is 2.75. The molecule has 118 valence electrons. The summed E-state index contributed by atoms with van der Waals surface area (Å²) in [7, 11) is 0. The van der Waals surface area contributed by atoms with E-state index in [9.17, 15) is 4.39 Å². The van der Waals surface area contributed by atoms with Gasteiger partial charge in [0.25, 0.3) is 0 Å². The Kier molecular flexibility index (Phi) is 4.68. The van der Waals surface area contributed by atoms with Crippen molar-refractivity contribution in [1.82, 2.24) is 19.7 Å². The molecule has 2 heterocycles. The molecule has 0 saturated carbocycles. The molecule has 0 unspecified atom stereocenters. The van der Waals surface area contributed by atoms with Crippen molar-refractivity contribution in [2.45, 2.75) is 32.4 Å². The zero-order valence-corrected chi connectivity index (χ0v) is 12.8. The van der Waals surface area contributed by atoms with E-state index in [1.165, 1.54) is 6.07 Å². The molecule has 1 fully saturated rings. The van der Waals surface area contributed by atoms with Gasteiger partial charge in [-0.05, 0) is 31.9 Å². The molecule has 1 aliphatic heterocycles. The minimum absolute atomic E-state index is 0.102. The molecule has 0 spiro atoms. The third-order valence-corrected chi connectivity index (χ3v) is 4.13. The molecule has 0 amide bonds. The first-order valence-electron chi connectivity index (χ1n) is 7.70. The number of para-hydroxylation sites is 1. The number of benzene rings is 1. The predicted molar refractivity (Wildman–Crippen MR) is 81.2 cm³/mol. The van der Waals surface area contributed by atoms with Crippen molar-refractivity contribution in [2.75, 3.05) is 19.6 Å². The van der Waals surface area contributed by atoms with Gasteiger partial charge in [-0.25, -0.2) is 4.39 Å². The lowest BCUT2D eigenvalue weighted by Crippen LogP contribution is -2.39. The average Bonchev–Trinajstić information content (AvgIpc) is 2.94. The molecule has 1 aromatic carbocycles. The Morgan fingerprint density at radius 1 is 1.23 bits per heavy atom. The molecule has 0 bridgehead atoms. The molecule has 0 N–H and O–H groups in total. The summed E-state index contributed by atoms with van der Waals surface area (Å²) >= 11 is 0. The lowest BCUT2D eigenvalue weighted by atomic mass is 10.1. The number of nitrogens with zero attached hydrogens (tertiary/aromatic N) is 4. The number of likely N-dealkylation sites (tertiary alicyclic amines) is 1. The second-order valence-electron chi connectivity index (χ2n) is 5.66. The maximum absolute atomic E-state index is 13.6. The summed E-state index contributed by atoms with van der Waals surface area (Å²) in [5, 5.41) is 7.88. The molecule has 0 aliphatic carbocycles. The van der Waals surface area contributed by atoms with Crippen molar-refractivity contribution >= 4 is 0 Å². The minimum Gasteiger partial charge on any atom is -0.487 e. The van der Waals surface area contributed by atoms with Crippen LogP contribution in [-0.2, 0) is 6.54 Å². The predicted octanol–water partition coefficient (Wildman–Crippen LogP) is 2.27. The highest BCUT2D eigenvalue weighted by Gasteiger charge is 2.21. The van der Waals surface area contributed by atoms with Crippen LogP contribution in [0, 0.1) is 12.7 Å². The van der Waals surface area contributed by atoms with Crippen molar-refractivity contribution in [3.63, 3.8) is 0 Å². The van der Waals surface area contributed by atoms with E-state index in [2.05, 4.69) is 19.7 Å². The minimum atomic E-state index is -0.284. The molecular weight excluding hydrogens is 283 g/mol. The molecule has 0 radical (unpaired) electrons. The lowest BCUT2D eigenvalue weighted by molar-refractivity contribution is 0.0952. The Bertz CT molecular complexity index is 608. The van der Waals surface area contributed by atoms with Crippen LogP contribution in [0.4, 0.5) is 4.39 Å². The molecule has 1 aliphatic rings. The maximum atomic E-state index is 13.6. The third kappa shape index (κ3) is 3.62. The standard InChI is InChI=1S/C16H21FN4O/c1-13-19-18-12-21(13)11-10-20-8-6-14(7-9-20)22-16-5-3-2-4-15(16)17/h2-5,12,14H,6-11H2,1H3. The molecule has 5 nitrogen and oxygen atoms in total. The molecule has 0 atom stereocenters. The van der Waals surface area contributed by atoms with Gasteiger partial charge in [0.2, 0.25) is 0 Å².